The normalized spacial score (nSPS) is 24.9. The molecular weight excluding hydrogens is 122 g/mol. The molecule has 0 saturated carbocycles. The van der Waals surface area contributed by atoms with Crippen molar-refractivity contribution in [3.8, 4) is 0 Å². The molecule has 1 nitrogen and oxygen atoms in total. The van der Waals surface area contributed by atoms with Crippen LogP contribution in [0.2, 0.25) is 0 Å². The molecule has 1 aliphatic heterocycles. The van der Waals surface area contributed by atoms with Crippen LogP contribution in [0, 0.1) is 11.3 Å². The van der Waals surface area contributed by atoms with Crippen molar-refractivity contribution >= 4 is 0 Å². The second-order valence-electron chi connectivity index (χ2n) is 4.04. The Balaban J connectivity index is 2.48. The Morgan fingerprint density at radius 3 is 2.00 bits per heavy atom. The van der Waals surface area contributed by atoms with Crippen LogP contribution in [0.1, 0.15) is 27.2 Å². The van der Waals surface area contributed by atoms with E-state index in [1.54, 1.807) is 0 Å². The lowest BCUT2D eigenvalue weighted by Gasteiger charge is -2.51. The molecule has 1 saturated heterocycles. The molecule has 1 heterocycles. The molecule has 0 N–H and O–H groups in total. The fraction of sp³-hybridized carbons (Fsp3) is 1.00. The van der Waals surface area contributed by atoms with Gasteiger partial charge in [-0.1, -0.05) is 20.8 Å². The quantitative estimate of drug-likeness (QED) is 0.568. The van der Waals surface area contributed by atoms with Crippen molar-refractivity contribution in [2.45, 2.75) is 27.2 Å². The van der Waals surface area contributed by atoms with Crippen molar-refractivity contribution in [1.29, 1.82) is 0 Å². The Bertz CT molecular complexity index is 112. The highest BCUT2D eigenvalue weighted by molar-refractivity contribution is 4.94. The predicted octanol–water partition coefficient (Wildman–Crippen LogP) is 1.98. The minimum atomic E-state index is 0.661. The smallest absolute Gasteiger partial charge is 0.00498 e. The maximum atomic E-state index is 2.41. The van der Waals surface area contributed by atoms with E-state index in [2.05, 4.69) is 32.7 Å². The molecular formula is C9H19N. The Labute approximate surface area is 64.4 Å². The van der Waals surface area contributed by atoms with Gasteiger partial charge in [0.05, 0.1) is 0 Å². The molecule has 1 aliphatic rings. The van der Waals surface area contributed by atoms with Crippen molar-refractivity contribution < 1.29 is 0 Å². The van der Waals surface area contributed by atoms with Crippen molar-refractivity contribution in [3.63, 3.8) is 0 Å². The van der Waals surface area contributed by atoms with E-state index in [1.807, 2.05) is 0 Å². The summed E-state index contributed by atoms with van der Waals surface area (Å²) in [5.74, 6) is 0.855. The maximum Gasteiger partial charge on any atom is 0.00498 e. The summed E-state index contributed by atoms with van der Waals surface area (Å²) in [5, 5.41) is 0. The molecule has 0 spiro atoms. The fourth-order valence-corrected chi connectivity index (χ4v) is 2.03. The molecule has 0 bridgehead atoms. The molecule has 0 aromatic rings. The highest BCUT2D eigenvalue weighted by Gasteiger charge is 2.41. The zero-order valence-electron chi connectivity index (χ0n) is 7.65. The Morgan fingerprint density at radius 1 is 1.40 bits per heavy atom. The first-order valence-electron chi connectivity index (χ1n) is 4.29. The van der Waals surface area contributed by atoms with Gasteiger partial charge in [-0.25, -0.2) is 0 Å². The summed E-state index contributed by atoms with van der Waals surface area (Å²) in [6, 6.07) is 0. The molecule has 0 radical (unpaired) electrons. The predicted molar refractivity (Wildman–Crippen MR) is 45.1 cm³/mol. The van der Waals surface area contributed by atoms with E-state index in [-0.39, 0.29) is 0 Å². The lowest BCUT2D eigenvalue weighted by Crippen LogP contribution is -2.56. The molecule has 1 heteroatoms. The highest BCUT2D eigenvalue weighted by Crippen LogP contribution is 2.39. The zero-order valence-corrected chi connectivity index (χ0v) is 7.65. The molecule has 10 heavy (non-hydrogen) atoms. The number of hydrogen-bond acceptors (Lipinski definition) is 1. The van der Waals surface area contributed by atoms with Crippen molar-refractivity contribution in [3.05, 3.63) is 0 Å². The molecule has 1 fully saturated rings. The van der Waals surface area contributed by atoms with E-state index < -0.39 is 0 Å². The highest BCUT2D eigenvalue weighted by atomic mass is 15.2. The van der Waals surface area contributed by atoms with Gasteiger partial charge >= 0.3 is 0 Å². The van der Waals surface area contributed by atoms with Gasteiger partial charge in [0, 0.05) is 13.1 Å². The van der Waals surface area contributed by atoms with Crippen molar-refractivity contribution in [1.82, 2.24) is 4.90 Å². The van der Waals surface area contributed by atoms with Crippen LogP contribution < -0.4 is 0 Å². The molecule has 0 atom stereocenters. The molecule has 0 aromatic heterocycles. The molecule has 0 amide bonds. The number of rotatable bonds is 2. The van der Waals surface area contributed by atoms with Gasteiger partial charge < -0.3 is 4.90 Å². The standard InChI is InChI=1S/C9H19N/c1-5-9(8(2)3)6-10(4)7-9/h8H,5-7H2,1-4H3. The third kappa shape index (κ3) is 1.07. The first-order chi connectivity index (χ1) is 4.60. The topological polar surface area (TPSA) is 3.24 Å². The Morgan fingerprint density at radius 2 is 1.90 bits per heavy atom. The third-order valence-electron chi connectivity index (χ3n) is 3.10. The summed E-state index contributed by atoms with van der Waals surface area (Å²) < 4.78 is 0. The lowest BCUT2D eigenvalue weighted by molar-refractivity contribution is -0.0213. The van der Waals surface area contributed by atoms with Crippen molar-refractivity contribution in [2.24, 2.45) is 11.3 Å². The number of hydrogen-bond donors (Lipinski definition) is 0. The minimum absolute atomic E-state index is 0.661. The molecule has 0 aliphatic carbocycles. The van der Waals surface area contributed by atoms with Gasteiger partial charge in [0.15, 0.2) is 0 Å². The Kier molecular flexibility index (Phi) is 2.04. The summed E-state index contributed by atoms with van der Waals surface area (Å²) in [6.07, 6.45) is 1.34. The van der Waals surface area contributed by atoms with Gasteiger partial charge in [-0.15, -0.1) is 0 Å². The third-order valence-corrected chi connectivity index (χ3v) is 3.10. The monoisotopic (exact) mass is 141 g/mol. The van der Waals surface area contributed by atoms with E-state index in [1.165, 1.54) is 19.5 Å². The van der Waals surface area contributed by atoms with Gasteiger partial charge in [0.25, 0.3) is 0 Å². The van der Waals surface area contributed by atoms with E-state index in [9.17, 15) is 0 Å². The zero-order chi connectivity index (χ0) is 7.78. The van der Waals surface area contributed by atoms with E-state index in [4.69, 9.17) is 0 Å². The summed E-state index contributed by atoms with van der Waals surface area (Å²) in [7, 11) is 2.20. The summed E-state index contributed by atoms with van der Waals surface area (Å²) in [6.45, 7) is 9.61. The van der Waals surface area contributed by atoms with Crippen LogP contribution in [0.4, 0.5) is 0 Å². The van der Waals surface area contributed by atoms with E-state index in [0.29, 0.717) is 5.41 Å². The second kappa shape index (κ2) is 2.54. The van der Waals surface area contributed by atoms with Crippen LogP contribution in [-0.4, -0.2) is 25.0 Å². The summed E-state index contributed by atoms with van der Waals surface area (Å²) in [5.41, 5.74) is 0.661. The van der Waals surface area contributed by atoms with Crippen LogP contribution >= 0.6 is 0 Å². The molecule has 0 aromatic carbocycles. The van der Waals surface area contributed by atoms with Gasteiger partial charge in [-0.2, -0.15) is 0 Å². The minimum Gasteiger partial charge on any atom is -0.305 e. The van der Waals surface area contributed by atoms with E-state index in [0.717, 1.165) is 5.92 Å². The van der Waals surface area contributed by atoms with Crippen LogP contribution in [0.25, 0.3) is 0 Å². The average Bonchev–Trinajstić information content (AvgIpc) is 1.79. The van der Waals surface area contributed by atoms with Crippen LogP contribution in [0.15, 0.2) is 0 Å². The first kappa shape index (κ1) is 8.06. The largest absolute Gasteiger partial charge is 0.305 e. The molecule has 1 rings (SSSR count). The van der Waals surface area contributed by atoms with Gasteiger partial charge in [0.2, 0.25) is 0 Å². The maximum absolute atomic E-state index is 2.41. The van der Waals surface area contributed by atoms with Gasteiger partial charge in [-0.05, 0) is 24.8 Å². The fourth-order valence-electron chi connectivity index (χ4n) is 2.03. The SMILES string of the molecule is CCC1(C(C)C)CN(C)C1. The van der Waals surface area contributed by atoms with E-state index >= 15 is 0 Å². The van der Waals surface area contributed by atoms with Crippen LogP contribution in [0.5, 0.6) is 0 Å². The first-order valence-corrected chi connectivity index (χ1v) is 4.29. The Hall–Kier alpha value is -0.0400. The molecule has 0 unspecified atom stereocenters. The van der Waals surface area contributed by atoms with Gasteiger partial charge in [-0.3, -0.25) is 0 Å². The lowest BCUT2D eigenvalue weighted by atomic mass is 9.69. The van der Waals surface area contributed by atoms with Crippen LogP contribution in [-0.2, 0) is 0 Å². The second-order valence-corrected chi connectivity index (χ2v) is 4.04. The van der Waals surface area contributed by atoms with Crippen molar-refractivity contribution in [2.75, 3.05) is 20.1 Å². The number of likely N-dealkylation sites (tertiary alicyclic amines) is 1. The summed E-state index contributed by atoms with van der Waals surface area (Å²) in [4.78, 5) is 2.41. The molecule has 60 valence electrons. The average molecular weight is 141 g/mol. The summed E-state index contributed by atoms with van der Waals surface area (Å²) >= 11 is 0. The number of nitrogens with zero attached hydrogens (tertiary/aromatic N) is 1. The van der Waals surface area contributed by atoms with Crippen LogP contribution in [0.3, 0.4) is 0 Å². The van der Waals surface area contributed by atoms with Gasteiger partial charge in [0.1, 0.15) is 0 Å².